The Morgan fingerprint density at radius 1 is 1.20 bits per heavy atom. The first-order valence-electron chi connectivity index (χ1n) is 4.39. The van der Waals surface area contributed by atoms with Crippen LogP contribution in [0.15, 0.2) is 41.1 Å². The van der Waals surface area contributed by atoms with Gasteiger partial charge in [-0.2, -0.15) is 0 Å². The van der Waals surface area contributed by atoms with E-state index in [4.69, 9.17) is 16.0 Å². The average molecular weight is 220 g/mol. The number of halogens is 1. The normalized spacial score (nSPS) is 11.0. The molecule has 0 amide bonds. The summed E-state index contributed by atoms with van der Waals surface area (Å²) >= 11 is 5.98. The fourth-order valence-electron chi connectivity index (χ4n) is 1.46. The smallest absolute Gasteiger partial charge is 0.204 e. The van der Waals surface area contributed by atoms with Crippen LogP contribution in [0.1, 0.15) is 0 Å². The molecular formula is C10H6ClN3O. The van der Waals surface area contributed by atoms with Crippen LogP contribution < -0.4 is 0 Å². The molecule has 3 rings (SSSR count). The van der Waals surface area contributed by atoms with Gasteiger partial charge in [-0.15, -0.1) is 10.2 Å². The third kappa shape index (κ3) is 1.22. The predicted molar refractivity (Wildman–Crippen MR) is 55.7 cm³/mol. The molecule has 0 atom stereocenters. The molecule has 74 valence electrons. The second-order valence-electron chi connectivity index (χ2n) is 3.05. The van der Waals surface area contributed by atoms with Gasteiger partial charge in [-0.3, -0.25) is 4.40 Å². The van der Waals surface area contributed by atoms with Gasteiger partial charge in [0.25, 0.3) is 0 Å². The van der Waals surface area contributed by atoms with Gasteiger partial charge in [-0.05, 0) is 24.3 Å². The van der Waals surface area contributed by atoms with E-state index in [1.54, 1.807) is 22.8 Å². The average Bonchev–Trinajstić information content (AvgIpc) is 2.85. The molecule has 0 unspecified atom stereocenters. The molecule has 5 heteroatoms. The molecule has 0 aromatic carbocycles. The van der Waals surface area contributed by atoms with E-state index in [0.29, 0.717) is 22.3 Å². The van der Waals surface area contributed by atoms with E-state index >= 15 is 0 Å². The van der Waals surface area contributed by atoms with Gasteiger partial charge >= 0.3 is 0 Å². The lowest BCUT2D eigenvalue weighted by Crippen LogP contribution is -1.87. The van der Waals surface area contributed by atoms with Crippen molar-refractivity contribution in [1.82, 2.24) is 14.6 Å². The van der Waals surface area contributed by atoms with Crippen molar-refractivity contribution in [2.24, 2.45) is 0 Å². The van der Waals surface area contributed by atoms with Crippen molar-refractivity contribution in [1.29, 1.82) is 0 Å². The van der Waals surface area contributed by atoms with Gasteiger partial charge in [-0.1, -0.05) is 11.6 Å². The van der Waals surface area contributed by atoms with Crippen molar-refractivity contribution >= 4 is 17.2 Å². The molecule has 0 saturated heterocycles. The molecule has 0 aliphatic heterocycles. The molecule has 0 fully saturated rings. The number of aromatic nitrogens is 3. The zero-order valence-electron chi connectivity index (χ0n) is 7.59. The Bertz CT molecular complexity index is 600. The van der Waals surface area contributed by atoms with E-state index in [1.165, 1.54) is 0 Å². The highest BCUT2D eigenvalue weighted by Crippen LogP contribution is 2.22. The van der Waals surface area contributed by atoms with E-state index in [9.17, 15) is 0 Å². The minimum absolute atomic E-state index is 0.572. The molecule has 3 heterocycles. The van der Waals surface area contributed by atoms with Crippen molar-refractivity contribution in [2.75, 3.05) is 0 Å². The van der Waals surface area contributed by atoms with Gasteiger partial charge in [0, 0.05) is 6.20 Å². The molecule has 0 N–H and O–H groups in total. The largest absolute Gasteiger partial charge is 0.461 e. The van der Waals surface area contributed by atoms with Gasteiger partial charge in [0.2, 0.25) is 5.82 Å². The molecule has 3 aromatic heterocycles. The van der Waals surface area contributed by atoms with Crippen molar-refractivity contribution < 1.29 is 4.42 Å². The summed E-state index contributed by atoms with van der Waals surface area (Å²) in [4.78, 5) is 0. The summed E-state index contributed by atoms with van der Waals surface area (Å²) in [6.45, 7) is 0. The van der Waals surface area contributed by atoms with Gasteiger partial charge in [0.1, 0.15) is 0 Å². The lowest BCUT2D eigenvalue weighted by molar-refractivity contribution is 0.576. The Morgan fingerprint density at radius 2 is 2.13 bits per heavy atom. The Kier molecular flexibility index (Phi) is 1.76. The van der Waals surface area contributed by atoms with Crippen molar-refractivity contribution in [3.63, 3.8) is 0 Å². The summed E-state index contributed by atoms with van der Waals surface area (Å²) in [5, 5.41) is 8.60. The van der Waals surface area contributed by atoms with Crippen LogP contribution >= 0.6 is 11.6 Å². The van der Waals surface area contributed by atoms with Crippen molar-refractivity contribution in [3.8, 4) is 11.6 Å². The number of nitrogens with zero attached hydrogens (tertiary/aromatic N) is 3. The molecule has 0 spiro atoms. The fourth-order valence-corrected chi connectivity index (χ4v) is 1.66. The maximum Gasteiger partial charge on any atom is 0.204 e. The first-order chi connectivity index (χ1) is 7.36. The van der Waals surface area contributed by atoms with Crippen LogP contribution in [0.3, 0.4) is 0 Å². The van der Waals surface area contributed by atoms with Gasteiger partial charge < -0.3 is 4.42 Å². The predicted octanol–water partition coefficient (Wildman–Crippen LogP) is 2.64. The van der Waals surface area contributed by atoms with Crippen LogP contribution in [0.5, 0.6) is 0 Å². The summed E-state index contributed by atoms with van der Waals surface area (Å²) in [6.07, 6.45) is 3.44. The van der Waals surface area contributed by atoms with E-state index in [2.05, 4.69) is 10.2 Å². The Labute approximate surface area is 90.1 Å². The van der Waals surface area contributed by atoms with Crippen LogP contribution in [0, 0.1) is 0 Å². The number of fused-ring (bicyclic) bond motifs is 1. The van der Waals surface area contributed by atoms with Crippen molar-refractivity contribution in [2.45, 2.75) is 0 Å². The lowest BCUT2D eigenvalue weighted by Gasteiger charge is -1.96. The molecule has 0 radical (unpaired) electrons. The van der Waals surface area contributed by atoms with Crippen LogP contribution in [0.2, 0.25) is 5.02 Å². The summed E-state index contributed by atoms with van der Waals surface area (Å²) in [5.41, 5.74) is 0.630. The number of rotatable bonds is 1. The van der Waals surface area contributed by atoms with Crippen LogP contribution in [0.4, 0.5) is 0 Å². The van der Waals surface area contributed by atoms with E-state index in [0.717, 1.165) is 0 Å². The minimum Gasteiger partial charge on any atom is -0.461 e. The Balaban J connectivity index is 2.34. The lowest BCUT2D eigenvalue weighted by atomic mass is 10.4. The van der Waals surface area contributed by atoms with Gasteiger partial charge in [-0.25, -0.2) is 0 Å². The van der Waals surface area contributed by atoms with Gasteiger partial charge in [0.15, 0.2) is 11.4 Å². The zero-order chi connectivity index (χ0) is 10.3. The molecule has 15 heavy (non-hydrogen) atoms. The van der Waals surface area contributed by atoms with E-state index in [-0.39, 0.29) is 0 Å². The van der Waals surface area contributed by atoms with E-state index in [1.807, 2.05) is 18.3 Å². The standard InChI is InChI=1S/C10H6ClN3O/c11-7-3-1-5-14-9(7)12-13-10(14)8-4-2-6-15-8/h1-6H. The molecule has 4 nitrogen and oxygen atoms in total. The molecule has 0 aliphatic carbocycles. The molecule has 3 aromatic rings. The first-order valence-corrected chi connectivity index (χ1v) is 4.77. The van der Waals surface area contributed by atoms with Crippen molar-refractivity contribution in [3.05, 3.63) is 41.7 Å². The fraction of sp³-hybridized carbons (Fsp3) is 0. The monoisotopic (exact) mass is 219 g/mol. The highest BCUT2D eigenvalue weighted by Gasteiger charge is 2.11. The Morgan fingerprint density at radius 3 is 2.93 bits per heavy atom. The molecule has 0 bridgehead atoms. The zero-order valence-corrected chi connectivity index (χ0v) is 8.35. The van der Waals surface area contributed by atoms with Gasteiger partial charge in [0.05, 0.1) is 11.3 Å². The van der Waals surface area contributed by atoms with Crippen LogP contribution in [0.25, 0.3) is 17.2 Å². The Hall–Kier alpha value is -1.81. The molecule has 0 aliphatic rings. The highest BCUT2D eigenvalue weighted by molar-refractivity contribution is 6.33. The second kappa shape index (κ2) is 3.10. The number of hydrogen-bond donors (Lipinski definition) is 0. The highest BCUT2D eigenvalue weighted by atomic mass is 35.5. The summed E-state index contributed by atoms with van der Waals surface area (Å²) in [6, 6.07) is 7.25. The summed E-state index contributed by atoms with van der Waals surface area (Å²) in [7, 11) is 0. The number of furan rings is 1. The maximum atomic E-state index is 5.98. The third-order valence-corrected chi connectivity index (χ3v) is 2.42. The van der Waals surface area contributed by atoms with Crippen LogP contribution in [-0.2, 0) is 0 Å². The molecule has 0 saturated carbocycles. The second-order valence-corrected chi connectivity index (χ2v) is 3.46. The number of hydrogen-bond acceptors (Lipinski definition) is 3. The third-order valence-electron chi connectivity index (χ3n) is 2.13. The molecular weight excluding hydrogens is 214 g/mol. The van der Waals surface area contributed by atoms with E-state index < -0.39 is 0 Å². The topological polar surface area (TPSA) is 43.3 Å². The maximum absolute atomic E-state index is 5.98. The first kappa shape index (κ1) is 8.49. The summed E-state index contributed by atoms with van der Waals surface area (Å²) < 4.78 is 7.05. The quantitative estimate of drug-likeness (QED) is 0.632. The summed E-state index contributed by atoms with van der Waals surface area (Å²) in [5.74, 6) is 1.32. The number of pyridine rings is 1. The van der Waals surface area contributed by atoms with Crippen LogP contribution in [-0.4, -0.2) is 14.6 Å². The SMILES string of the molecule is Clc1cccn2c(-c3ccco3)nnc12. The minimum atomic E-state index is 0.572.